The Kier molecular flexibility index (Phi) is 6.06. The van der Waals surface area contributed by atoms with Crippen molar-refractivity contribution < 1.29 is 13.9 Å². The number of fused-ring (bicyclic) bond motifs is 1. The van der Waals surface area contributed by atoms with Crippen LogP contribution in [0, 0.1) is 6.92 Å². The van der Waals surface area contributed by atoms with E-state index in [9.17, 15) is 9.59 Å². The summed E-state index contributed by atoms with van der Waals surface area (Å²) in [6, 6.07) is 5.16. The maximum atomic E-state index is 12.9. The molecule has 3 rings (SSSR count). The Morgan fingerprint density at radius 3 is 2.76 bits per heavy atom. The van der Waals surface area contributed by atoms with Crippen molar-refractivity contribution in [3.05, 3.63) is 58.0 Å². The van der Waals surface area contributed by atoms with Crippen molar-refractivity contribution in [2.75, 3.05) is 7.05 Å². The Morgan fingerprint density at radius 1 is 1.31 bits per heavy atom. The molecule has 0 aliphatic heterocycles. The normalized spacial score (nSPS) is 12.2. The lowest BCUT2D eigenvalue weighted by molar-refractivity contribution is -0.137. The molecule has 7 heteroatoms. The van der Waals surface area contributed by atoms with Crippen LogP contribution in [0.4, 0.5) is 0 Å². The van der Waals surface area contributed by atoms with Gasteiger partial charge in [0.15, 0.2) is 6.10 Å². The molecular weight excluding hydrogens is 370 g/mol. The second-order valence-corrected chi connectivity index (χ2v) is 7.16. The van der Waals surface area contributed by atoms with E-state index in [1.807, 2.05) is 43.7 Å². The molecule has 0 spiro atoms. The van der Waals surface area contributed by atoms with Crippen LogP contribution in [0.5, 0.6) is 5.75 Å². The largest absolute Gasteiger partial charge is 0.480 e. The van der Waals surface area contributed by atoms with E-state index in [1.165, 1.54) is 6.07 Å². The molecule has 0 saturated heterocycles. The highest BCUT2D eigenvalue weighted by Crippen LogP contribution is 2.31. The fourth-order valence-corrected chi connectivity index (χ4v) is 3.46. The number of carbonyl (C=O) groups excluding carboxylic acids is 1. The monoisotopic (exact) mass is 397 g/mol. The summed E-state index contributed by atoms with van der Waals surface area (Å²) in [4.78, 5) is 30.7. The van der Waals surface area contributed by atoms with Gasteiger partial charge < -0.3 is 18.6 Å². The first-order valence-corrected chi connectivity index (χ1v) is 9.83. The molecule has 0 N–H and O–H groups in total. The van der Waals surface area contributed by atoms with Gasteiger partial charge in [0.1, 0.15) is 17.2 Å². The number of imidazole rings is 1. The van der Waals surface area contributed by atoms with Crippen LogP contribution >= 0.6 is 0 Å². The van der Waals surface area contributed by atoms with Crippen LogP contribution in [0.1, 0.15) is 37.7 Å². The van der Waals surface area contributed by atoms with Crippen LogP contribution in [-0.4, -0.2) is 33.5 Å². The van der Waals surface area contributed by atoms with E-state index in [-0.39, 0.29) is 11.5 Å². The third-order valence-corrected chi connectivity index (χ3v) is 4.96. The zero-order valence-corrected chi connectivity index (χ0v) is 17.6. The average molecular weight is 397 g/mol. The summed E-state index contributed by atoms with van der Waals surface area (Å²) < 4.78 is 13.4. The summed E-state index contributed by atoms with van der Waals surface area (Å²) in [7, 11) is 1.74. The second kappa shape index (κ2) is 8.51. The van der Waals surface area contributed by atoms with E-state index < -0.39 is 6.10 Å². The number of benzene rings is 1. The molecule has 0 bridgehead atoms. The molecule has 29 heavy (non-hydrogen) atoms. The van der Waals surface area contributed by atoms with E-state index in [1.54, 1.807) is 25.1 Å². The summed E-state index contributed by atoms with van der Waals surface area (Å²) in [5, 5.41) is 0.738. The lowest BCUT2D eigenvalue weighted by atomic mass is 10.0. The van der Waals surface area contributed by atoms with Crippen LogP contribution in [0.3, 0.4) is 0 Å². The molecule has 0 aliphatic carbocycles. The van der Waals surface area contributed by atoms with Gasteiger partial charge in [0.05, 0.1) is 11.9 Å². The molecule has 0 fully saturated rings. The van der Waals surface area contributed by atoms with Crippen molar-refractivity contribution in [1.29, 1.82) is 0 Å². The molecule has 7 nitrogen and oxygen atoms in total. The first kappa shape index (κ1) is 20.6. The topological polar surface area (TPSA) is 77.6 Å². The van der Waals surface area contributed by atoms with Crippen LogP contribution in [-0.2, 0) is 24.3 Å². The predicted octanol–water partition coefficient (Wildman–Crippen LogP) is 3.31. The minimum atomic E-state index is -0.702. The average Bonchev–Trinajstić information content (AvgIpc) is 3.12. The Hall–Kier alpha value is -3.09. The number of ether oxygens (including phenoxy) is 1. The summed E-state index contributed by atoms with van der Waals surface area (Å²) in [5.41, 5.74) is 1.81. The van der Waals surface area contributed by atoms with E-state index in [2.05, 4.69) is 4.98 Å². The van der Waals surface area contributed by atoms with E-state index in [0.717, 1.165) is 28.9 Å². The number of likely N-dealkylation sites (N-methyl/N-ethyl adjacent to an activating group) is 1. The molecule has 1 atom stereocenters. The Balaban J connectivity index is 1.86. The van der Waals surface area contributed by atoms with Crippen molar-refractivity contribution in [3.8, 4) is 5.75 Å². The quantitative estimate of drug-likeness (QED) is 0.572. The molecule has 1 aromatic carbocycles. The molecule has 0 radical (unpaired) electrons. The Labute approximate surface area is 169 Å². The number of hydrogen-bond donors (Lipinski definition) is 0. The summed E-state index contributed by atoms with van der Waals surface area (Å²) in [5.74, 6) is 1.22. The minimum Gasteiger partial charge on any atom is -0.480 e. The fourth-order valence-electron chi connectivity index (χ4n) is 3.46. The second-order valence-electron chi connectivity index (χ2n) is 7.16. The molecular formula is C22H27N3O4. The number of rotatable bonds is 7. The number of aromatic nitrogens is 2. The van der Waals surface area contributed by atoms with Gasteiger partial charge in [-0.25, -0.2) is 9.78 Å². The van der Waals surface area contributed by atoms with Gasteiger partial charge in [-0.05, 0) is 50.5 Å². The molecule has 2 heterocycles. The van der Waals surface area contributed by atoms with E-state index in [4.69, 9.17) is 9.15 Å². The Morgan fingerprint density at radius 2 is 2.07 bits per heavy atom. The number of hydrogen-bond acceptors (Lipinski definition) is 5. The van der Waals surface area contributed by atoms with Gasteiger partial charge in [0, 0.05) is 32.1 Å². The molecule has 1 unspecified atom stereocenters. The van der Waals surface area contributed by atoms with Gasteiger partial charge in [-0.3, -0.25) is 4.79 Å². The highest BCUT2D eigenvalue weighted by molar-refractivity contribution is 5.88. The summed E-state index contributed by atoms with van der Waals surface area (Å²) in [6.07, 6.45) is 3.58. The zero-order chi connectivity index (χ0) is 21.1. The lowest BCUT2D eigenvalue weighted by Crippen LogP contribution is -2.38. The first-order valence-electron chi connectivity index (χ1n) is 9.83. The summed E-state index contributed by atoms with van der Waals surface area (Å²) >= 11 is 0. The number of aryl methyl sites for hydroxylation is 3. The van der Waals surface area contributed by atoms with Crippen molar-refractivity contribution in [2.24, 2.45) is 0 Å². The molecule has 1 amide bonds. The first-order chi connectivity index (χ1) is 13.8. The highest BCUT2D eigenvalue weighted by Gasteiger charge is 2.22. The van der Waals surface area contributed by atoms with Crippen molar-refractivity contribution in [2.45, 2.75) is 53.3 Å². The number of carbonyl (C=O) groups is 1. The van der Waals surface area contributed by atoms with Gasteiger partial charge in [-0.1, -0.05) is 6.92 Å². The number of amides is 1. The molecule has 0 aliphatic rings. The van der Waals surface area contributed by atoms with Crippen molar-refractivity contribution in [1.82, 2.24) is 14.5 Å². The minimum absolute atomic E-state index is 0.152. The standard InChI is InChI=1S/C22H27N3O4/c1-6-16-12-20(26)29-18-11-14(3)10-17(21(16)18)28-15(4)22(27)24(5)13-19-23-8-9-25(19)7-2/h8-12,15H,6-7,13H2,1-5H3. The van der Waals surface area contributed by atoms with Crippen LogP contribution in [0.25, 0.3) is 11.0 Å². The predicted molar refractivity (Wildman–Crippen MR) is 111 cm³/mol. The molecule has 3 aromatic rings. The van der Waals surface area contributed by atoms with E-state index >= 15 is 0 Å². The fraction of sp³-hybridized carbons (Fsp3) is 0.409. The van der Waals surface area contributed by atoms with Gasteiger partial charge in [-0.2, -0.15) is 0 Å². The van der Waals surface area contributed by atoms with Crippen LogP contribution in [0.15, 0.2) is 39.8 Å². The maximum Gasteiger partial charge on any atom is 0.336 e. The van der Waals surface area contributed by atoms with Gasteiger partial charge >= 0.3 is 5.63 Å². The van der Waals surface area contributed by atoms with E-state index in [0.29, 0.717) is 24.3 Å². The van der Waals surface area contributed by atoms with Crippen LogP contribution in [0.2, 0.25) is 0 Å². The third-order valence-electron chi connectivity index (χ3n) is 4.96. The molecule has 0 saturated carbocycles. The lowest BCUT2D eigenvalue weighted by Gasteiger charge is -2.23. The Bertz CT molecular complexity index is 1080. The molecule has 2 aromatic heterocycles. The van der Waals surface area contributed by atoms with Gasteiger partial charge in [-0.15, -0.1) is 0 Å². The van der Waals surface area contributed by atoms with Crippen LogP contribution < -0.4 is 10.4 Å². The maximum absolute atomic E-state index is 12.9. The van der Waals surface area contributed by atoms with Crippen molar-refractivity contribution in [3.63, 3.8) is 0 Å². The van der Waals surface area contributed by atoms with Gasteiger partial charge in [0.25, 0.3) is 5.91 Å². The zero-order valence-electron chi connectivity index (χ0n) is 17.6. The third kappa shape index (κ3) is 4.34. The smallest absolute Gasteiger partial charge is 0.336 e. The molecule has 154 valence electrons. The van der Waals surface area contributed by atoms with Gasteiger partial charge in [0.2, 0.25) is 0 Å². The SMILES string of the molecule is CCc1cc(=O)oc2cc(C)cc(OC(C)C(=O)N(C)Cc3nccn3CC)c12. The van der Waals surface area contributed by atoms with Crippen molar-refractivity contribution >= 4 is 16.9 Å². The summed E-state index contributed by atoms with van der Waals surface area (Å²) in [6.45, 7) is 8.82. The highest BCUT2D eigenvalue weighted by atomic mass is 16.5. The number of nitrogens with zero attached hydrogens (tertiary/aromatic N) is 3.